The summed E-state index contributed by atoms with van der Waals surface area (Å²) in [4.78, 5) is 1.30. The van der Waals surface area contributed by atoms with Crippen molar-refractivity contribution in [3.63, 3.8) is 0 Å². The topological polar surface area (TPSA) is 29.9 Å². The van der Waals surface area contributed by atoms with E-state index in [1.54, 1.807) is 11.3 Å². The lowest BCUT2D eigenvalue weighted by atomic mass is 10.0. The van der Waals surface area contributed by atoms with Crippen molar-refractivity contribution in [2.45, 2.75) is 25.8 Å². The number of nitrogens with one attached hydrogen (secondary N) is 1. The predicted octanol–water partition coefficient (Wildman–Crippen LogP) is 3.20. The first-order valence-electron chi connectivity index (χ1n) is 6.08. The summed E-state index contributed by atoms with van der Waals surface area (Å²) in [5.41, 5.74) is 2.45. The smallest absolute Gasteiger partial charge is 0.0931 e. The maximum absolute atomic E-state index is 5.98. The molecule has 0 aliphatic heterocycles. The number of aryl methyl sites for hydroxylation is 2. The van der Waals surface area contributed by atoms with Crippen molar-refractivity contribution in [2.24, 2.45) is 7.05 Å². The monoisotopic (exact) mass is 283 g/mol. The minimum absolute atomic E-state index is 0.295. The molecule has 1 N–H and O–H groups in total. The van der Waals surface area contributed by atoms with E-state index in [-0.39, 0.29) is 0 Å². The Bertz CT molecular complexity index is 518. The van der Waals surface area contributed by atoms with Crippen LogP contribution in [0.1, 0.15) is 29.1 Å². The number of hydrogen-bond donors (Lipinski definition) is 1. The Balaban J connectivity index is 2.22. The molecule has 18 heavy (non-hydrogen) atoms. The molecular weight excluding hydrogens is 266 g/mol. The van der Waals surface area contributed by atoms with Gasteiger partial charge in [0.25, 0.3) is 0 Å². The van der Waals surface area contributed by atoms with Gasteiger partial charge in [0.1, 0.15) is 0 Å². The molecule has 2 heterocycles. The van der Waals surface area contributed by atoms with E-state index in [0.717, 1.165) is 17.2 Å². The number of thiophene rings is 1. The molecule has 0 aliphatic rings. The second-order valence-corrected chi connectivity index (χ2v) is 6.11. The molecule has 0 saturated heterocycles. The molecule has 98 valence electrons. The molecule has 0 aromatic carbocycles. The van der Waals surface area contributed by atoms with E-state index in [2.05, 4.69) is 29.6 Å². The second-order valence-electron chi connectivity index (χ2n) is 4.31. The molecule has 2 aromatic heterocycles. The average molecular weight is 284 g/mol. The standard InChI is InChI=1S/C13H18ClN3S/c1-4-11-10(8-17(3)16-11)12(15-2)7-9-5-6-13(14)18-9/h5-6,8,12,15H,4,7H2,1-3H3. The quantitative estimate of drug-likeness (QED) is 0.913. The molecule has 0 radical (unpaired) electrons. The molecule has 1 unspecified atom stereocenters. The molecular formula is C13H18ClN3S. The third-order valence-electron chi connectivity index (χ3n) is 3.03. The van der Waals surface area contributed by atoms with Gasteiger partial charge in [-0.25, -0.2) is 0 Å². The van der Waals surface area contributed by atoms with Crippen molar-refractivity contribution in [3.05, 3.63) is 38.8 Å². The highest BCUT2D eigenvalue weighted by Crippen LogP contribution is 2.27. The lowest BCUT2D eigenvalue weighted by Gasteiger charge is -2.15. The van der Waals surface area contributed by atoms with E-state index in [9.17, 15) is 0 Å². The maximum atomic E-state index is 5.98. The molecule has 0 aliphatic carbocycles. The first-order chi connectivity index (χ1) is 8.63. The van der Waals surface area contributed by atoms with Gasteiger partial charge in [0.05, 0.1) is 10.0 Å². The Kier molecular flexibility index (Phi) is 4.43. The van der Waals surface area contributed by atoms with E-state index in [4.69, 9.17) is 11.6 Å². The van der Waals surface area contributed by atoms with Crippen LogP contribution < -0.4 is 5.32 Å². The summed E-state index contributed by atoms with van der Waals surface area (Å²) in [6.07, 6.45) is 4.02. The van der Waals surface area contributed by atoms with Crippen LogP contribution in [-0.2, 0) is 19.9 Å². The number of halogens is 1. The first kappa shape index (κ1) is 13.6. The lowest BCUT2D eigenvalue weighted by molar-refractivity contribution is 0.591. The van der Waals surface area contributed by atoms with Crippen LogP contribution in [0.15, 0.2) is 18.3 Å². The number of hydrogen-bond acceptors (Lipinski definition) is 3. The van der Waals surface area contributed by atoms with Gasteiger partial charge < -0.3 is 5.32 Å². The predicted molar refractivity (Wildman–Crippen MR) is 77.4 cm³/mol. The van der Waals surface area contributed by atoms with Gasteiger partial charge in [0.2, 0.25) is 0 Å². The largest absolute Gasteiger partial charge is 0.313 e. The molecule has 0 spiro atoms. The SMILES string of the molecule is CCc1nn(C)cc1C(Cc1ccc(Cl)s1)NC. The van der Waals surface area contributed by atoms with Crippen molar-refractivity contribution in [3.8, 4) is 0 Å². The van der Waals surface area contributed by atoms with E-state index < -0.39 is 0 Å². The molecule has 0 amide bonds. The average Bonchev–Trinajstić information content (AvgIpc) is 2.92. The lowest BCUT2D eigenvalue weighted by Crippen LogP contribution is -2.19. The highest BCUT2D eigenvalue weighted by molar-refractivity contribution is 7.16. The Morgan fingerprint density at radius 3 is 2.83 bits per heavy atom. The fraction of sp³-hybridized carbons (Fsp3) is 0.462. The van der Waals surface area contributed by atoms with Gasteiger partial charge in [-0.15, -0.1) is 11.3 Å². The minimum atomic E-state index is 0.295. The number of rotatable bonds is 5. The van der Waals surface area contributed by atoms with Crippen LogP contribution >= 0.6 is 22.9 Å². The number of likely N-dealkylation sites (N-methyl/N-ethyl adjacent to an activating group) is 1. The molecule has 0 saturated carbocycles. The van der Waals surface area contributed by atoms with E-state index in [1.807, 2.05) is 24.8 Å². The zero-order valence-corrected chi connectivity index (χ0v) is 12.5. The van der Waals surface area contributed by atoms with Gasteiger partial charge in [-0.1, -0.05) is 18.5 Å². The normalized spacial score (nSPS) is 12.9. The summed E-state index contributed by atoms with van der Waals surface area (Å²) in [5, 5.41) is 7.87. The van der Waals surface area contributed by atoms with Crippen molar-refractivity contribution in [1.82, 2.24) is 15.1 Å². The summed E-state index contributed by atoms with van der Waals surface area (Å²) >= 11 is 7.62. The zero-order chi connectivity index (χ0) is 13.1. The van der Waals surface area contributed by atoms with Gasteiger partial charge in [-0.3, -0.25) is 4.68 Å². The van der Waals surface area contributed by atoms with Crippen molar-refractivity contribution in [2.75, 3.05) is 7.05 Å². The summed E-state index contributed by atoms with van der Waals surface area (Å²) < 4.78 is 2.74. The van der Waals surface area contributed by atoms with E-state index >= 15 is 0 Å². The fourth-order valence-corrected chi connectivity index (χ4v) is 3.28. The molecule has 3 nitrogen and oxygen atoms in total. The zero-order valence-electron chi connectivity index (χ0n) is 10.9. The van der Waals surface area contributed by atoms with Crippen LogP contribution in [-0.4, -0.2) is 16.8 Å². The molecule has 2 aromatic rings. The molecule has 0 bridgehead atoms. The van der Waals surface area contributed by atoms with Gasteiger partial charge >= 0.3 is 0 Å². The van der Waals surface area contributed by atoms with Crippen LogP contribution in [0.25, 0.3) is 0 Å². The second kappa shape index (κ2) is 5.87. The van der Waals surface area contributed by atoms with Crippen LogP contribution in [0.4, 0.5) is 0 Å². The molecule has 1 atom stereocenters. The summed E-state index contributed by atoms with van der Waals surface area (Å²) in [5.74, 6) is 0. The third-order valence-corrected chi connectivity index (χ3v) is 4.28. The van der Waals surface area contributed by atoms with Gasteiger partial charge in [0, 0.05) is 36.1 Å². The third kappa shape index (κ3) is 2.94. The highest BCUT2D eigenvalue weighted by atomic mass is 35.5. The fourth-order valence-electron chi connectivity index (χ4n) is 2.15. The first-order valence-corrected chi connectivity index (χ1v) is 7.27. The van der Waals surface area contributed by atoms with Gasteiger partial charge in [0.15, 0.2) is 0 Å². The molecule has 5 heteroatoms. The maximum Gasteiger partial charge on any atom is 0.0931 e. The summed E-state index contributed by atoms with van der Waals surface area (Å²) in [6, 6.07) is 4.35. The summed E-state index contributed by atoms with van der Waals surface area (Å²) in [6.45, 7) is 2.14. The minimum Gasteiger partial charge on any atom is -0.313 e. The number of nitrogens with zero attached hydrogens (tertiary/aromatic N) is 2. The van der Waals surface area contributed by atoms with E-state index in [0.29, 0.717) is 6.04 Å². The van der Waals surface area contributed by atoms with Crippen molar-refractivity contribution >= 4 is 22.9 Å². The Morgan fingerprint density at radius 1 is 1.50 bits per heavy atom. The Morgan fingerprint density at radius 2 is 2.28 bits per heavy atom. The summed E-state index contributed by atoms with van der Waals surface area (Å²) in [7, 11) is 3.96. The Hall–Kier alpha value is -0.840. The van der Waals surface area contributed by atoms with Gasteiger partial charge in [-0.05, 0) is 25.6 Å². The Labute approximate surface area is 117 Å². The molecule has 0 fully saturated rings. The van der Waals surface area contributed by atoms with Crippen molar-refractivity contribution in [1.29, 1.82) is 0 Å². The molecule has 2 rings (SSSR count). The van der Waals surface area contributed by atoms with Crippen LogP contribution in [0.2, 0.25) is 4.34 Å². The van der Waals surface area contributed by atoms with Crippen molar-refractivity contribution < 1.29 is 0 Å². The highest BCUT2D eigenvalue weighted by Gasteiger charge is 2.17. The number of aromatic nitrogens is 2. The van der Waals surface area contributed by atoms with Gasteiger partial charge in [-0.2, -0.15) is 5.10 Å². The van der Waals surface area contributed by atoms with Crippen LogP contribution in [0.3, 0.4) is 0 Å². The van der Waals surface area contributed by atoms with Crippen LogP contribution in [0, 0.1) is 0 Å². The van der Waals surface area contributed by atoms with Crippen LogP contribution in [0.5, 0.6) is 0 Å². The van der Waals surface area contributed by atoms with E-state index in [1.165, 1.54) is 16.1 Å².